The van der Waals surface area contributed by atoms with Crippen LogP contribution >= 0.6 is 11.6 Å². The van der Waals surface area contributed by atoms with E-state index in [1.54, 1.807) is 24.3 Å². The van der Waals surface area contributed by atoms with Crippen molar-refractivity contribution >= 4 is 27.5 Å². The average Bonchev–Trinajstić information content (AvgIpc) is 3.33. The minimum absolute atomic E-state index is 0.110. The van der Waals surface area contributed by atoms with Gasteiger partial charge in [0.25, 0.3) is 10.0 Å². The molecule has 1 aliphatic rings. The number of hydrogen-bond donors (Lipinski definition) is 1. The molecule has 0 fully saturated rings. The van der Waals surface area contributed by atoms with Crippen molar-refractivity contribution in [2.45, 2.75) is 30.6 Å². The molecule has 32 heavy (non-hydrogen) atoms. The molecule has 1 amide bonds. The zero-order valence-corrected chi connectivity index (χ0v) is 17.9. The molecule has 12 heteroatoms. The Hall–Kier alpha value is -3.02. The Balaban J connectivity index is 1.48. The molecule has 0 spiro atoms. The van der Waals surface area contributed by atoms with Gasteiger partial charge in [0, 0.05) is 23.3 Å². The van der Waals surface area contributed by atoms with Crippen molar-refractivity contribution in [3.63, 3.8) is 0 Å². The molecule has 0 bridgehead atoms. The normalized spacial score (nSPS) is 14.5. The van der Waals surface area contributed by atoms with E-state index in [-0.39, 0.29) is 29.6 Å². The minimum Gasteiger partial charge on any atom is -0.435 e. The summed E-state index contributed by atoms with van der Waals surface area (Å²) in [5.41, 5.74) is 7.69. The van der Waals surface area contributed by atoms with Crippen LogP contribution in [-0.4, -0.2) is 35.0 Å². The van der Waals surface area contributed by atoms with Gasteiger partial charge in [-0.25, -0.2) is 0 Å². The molecule has 0 aliphatic carbocycles. The van der Waals surface area contributed by atoms with Gasteiger partial charge in [-0.1, -0.05) is 23.7 Å². The standard InChI is InChI=1S/C20H17ClF2N4O4S/c21-14-3-1-12(2-4-14)18(24)19(28)26-9-13-10-27(25-17(13)11-26)32(29,30)16-7-5-15(6-8-16)31-20(22)23/h1-8,10,18,20H,9,11,24H2. The lowest BCUT2D eigenvalue weighted by Gasteiger charge is -2.20. The topological polar surface area (TPSA) is 108 Å². The first-order chi connectivity index (χ1) is 15.1. The number of carbonyl (C=O) groups excluding carboxylic acids is 1. The number of rotatable bonds is 6. The summed E-state index contributed by atoms with van der Waals surface area (Å²) in [4.78, 5) is 14.1. The molecule has 0 radical (unpaired) electrons. The maximum atomic E-state index is 12.8. The zero-order valence-electron chi connectivity index (χ0n) is 16.4. The van der Waals surface area contributed by atoms with Gasteiger partial charge < -0.3 is 15.4 Å². The summed E-state index contributed by atoms with van der Waals surface area (Å²) in [6, 6.07) is 10.3. The number of benzene rings is 2. The third-order valence-corrected chi connectivity index (χ3v) is 6.76. The van der Waals surface area contributed by atoms with E-state index < -0.39 is 22.7 Å². The van der Waals surface area contributed by atoms with Crippen LogP contribution in [0.2, 0.25) is 5.02 Å². The van der Waals surface area contributed by atoms with Gasteiger partial charge in [-0.15, -0.1) is 0 Å². The van der Waals surface area contributed by atoms with Gasteiger partial charge in [0.05, 0.1) is 17.1 Å². The maximum absolute atomic E-state index is 12.8. The van der Waals surface area contributed by atoms with Gasteiger partial charge >= 0.3 is 6.61 Å². The highest BCUT2D eigenvalue weighted by atomic mass is 35.5. The van der Waals surface area contributed by atoms with Gasteiger partial charge in [-0.2, -0.15) is 26.4 Å². The van der Waals surface area contributed by atoms with Gasteiger partial charge in [-0.3, -0.25) is 4.79 Å². The summed E-state index contributed by atoms with van der Waals surface area (Å²) in [6.07, 6.45) is 1.33. The van der Waals surface area contributed by atoms with E-state index in [2.05, 4.69) is 9.84 Å². The first kappa shape index (κ1) is 22.2. The molecular formula is C20H17ClF2N4O4S. The predicted octanol–water partition coefficient (Wildman–Crippen LogP) is 2.92. The van der Waals surface area contributed by atoms with Crippen molar-refractivity contribution in [2.24, 2.45) is 5.73 Å². The number of amides is 1. The quantitative estimate of drug-likeness (QED) is 0.579. The smallest absolute Gasteiger partial charge is 0.387 e. The Morgan fingerprint density at radius 1 is 1.09 bits per heavy atom. The van der Waals surface area contributed by atoms with E-state index in [9.17, 15) is 22.0 Å². The number of halogens is 3. The van der Waals surface area contributed by atoms with Crippen molar-refractivity contribution in [1.82, 2.24) is 14.1 Å². The van der Waals surface area contributed by atoms with Crippen LogP contribution in [0.15, 0.2) is 59.6 Å². The summed E-state index contributed by atoms with van der Waals surface area (Å²) in [5.74, 6) is -0.484. The lowest BCUT2D eigenvalue weighted by Crippen LogP contribution is -2.35. The lowest BCUT2D eigenvalue weighted by atomic mass is 10.1. The van der Waals surface area contributed by atoms with E-state index in [0.717, 1.165) is 28.4 Å². The van der Waals surface area contributed by atoms with Crippen LogP contribution in [0.3, 0.4) is 0 Å². The van der Waals surface area contributed by atoms with Crippen molar-refractivity contribution in [3.05, 3.63) is 76.6 Å². The van der Waals surface area contributed by atoms with Crippen molar-refractivity contribution in [2.75, 3.05) is 0 Å². The molecule has 2 aromatic carbocycles. The fourth-order valence-electron chi connectivity index (χ4n) is 3.32. The van der Waals surface area contributed by atoms with Crippen LogP contribution in [0.25, 0.3) is 0 Å². The highest BCUT2D eigenvalue weighted by Gasteiger charge is 2.32. The highest BCUT2D eigenvalue weighted by molar-refractivity contribution is 7.89. The zero-order chi connectivity index (χ0) is 23.0. The molecule has 1 unspecified atom stereocenters. The van der Waals surface area contributed by atoms with Crippen LogP contribution in [0.5, 0.6) is 5.75 Å². The largest absolute Gasteiger partial charge is 0.435 e. The highest BCUT2D eigenvalue weighted by Crippen LogP contribution is 2.27. The predicted molar refractivity (Wildman–Crippen MR) is 111 cm³/mol. The molecule has 0 saturated heterocycles. The number of aromatic nitrogens is 2. The third kappa shape index (κ3) is 4.31. The molecule has 1 atom stereocenters. The Kier molecular flexibility index (Phi) is 5.89. The van der Waals surface area contributed by atoms with Crippen molar-refractivity contribution < 1.29 is 26.7 Å². The lowest BCUT2D eigenvalue weighted by molar-refractivity contribution is -0.133. The van der Waals surface area contributed by atoms with Crippen molar-refractivity contribution in [1.29, 1.82) is 0 Å². The Labute approximate surface area is 187 Å². The Morgan fingerprint density at radius 2 is 1.75 bits per heavy atom. The molecular weight excluding hydrogens is 466 g/mol. The molecule has 1 aromatic heterocycles. The van der Waals surface area contributed by atoms with E-state index in [0.29, 0.717) is 21.8 Å². The number of alkyl halides is 2. The second kappa shape index (κ2) is 8.49. The number of hydrogen-bond acceptors (Lipinski definition) is 6. The monoisotopic (exact) mass is 482 g/mol. The first-order valence-corrected chi connectivity index (χ1v) is 11.1. The molecule has 1 aliphatic heterocycles. The molecule has 0 saturated carbocycles. The Morgan fingerprint density at radius 3 is 2.34 bits per heavy atom. The van der Waals surface area contributed by atoms with Gasteiger partial charge in [0.2, 0.25) is 5.91 Å². The number of carbonyl (C=O) groups is 1. The molecule has 2 N–H and O–H groups in total. The summed E-state index contributed by atoms with van der Waals surface area (Å²) in [7, 11) is -4.04. The number of ether oxygens (including phenoxy) is 1. The van der Waals surface area contributed by atoms with E-state index in [1.165, 1.54) is 11.1 Å². The SMILES string of the molecule is NC(C(=O)N1Cc2cn(S(=O)(=O)c3ccc(OC(F)F)cc3)nc2C1)c1ccc(Cl)cc1. The van der Waals surface area contributed by atoms with Crippen LogP contribution < -0.4 is 10.5 Å². The molecule has 168 valence electrons. The average molecular weight is 483 g/mol. The second-order valence-corrected chi connectivity index (χ2v) is 9.28. The van der Waals surface area contributed by atoms with E-state index >= 15 is 0 Å². The summed E-state index contributed by atoms with van der Waals surface area (Å²) in [5, 5.41) is 4.64. The third-order valence-electron chi connectivity index (χ3n) is 4.96. The van der Waals surface area contributed by atoms with E-state index in [1.807, 2.05) is 0 Å². The summed E-state index contributed by atoms with van der Waals surface area (Å²) >= 11 is 5.86. The van der Waals surface area contributed by atoms with Crippen LogP contribution in [0.4, 0.5) is 8.78 Å². The number of nitrogens with zero attached hydrogens (tertiary/aromatic N) is 3. The summed E-state index contributed by atoms with van der Waals surface area (Å²) in [6.45, 7) is -2.74. The summed E-state index contributed by atoms with van der Waals surface area (Å²) < 4.78 is 55.2. The van der Waals surface area contributed by atoms with Gasteiger partial charge in [-0.05, 0) is 42.0 Å². The molecule has 4 rings (SSSR count). The van der Waals surface area contributed by atoms with Crippen molar-refractivity contribution in [3.8, 4) is 5.75 Å². The maximum Gasteiger partial charge on any atom is 0.387 e. The van der Waals surface area contributed by atoms with Crippen LogP contribution in [0.1, 0.15) is 22.9 Å². The number of fused-ring (bicyclic) bond motifs is 1. The van der Waals surface area contributed by atoms with Crippen LogP contribution in [-0.2, 0) is 27.9 Å². The van der Waals surface area contributed by atoms with Crippen LogP contribution in [0, 0.1) is 0 Å². The minimum atomic E-state index is -4.04. The Bertz CT molecular complexity index is 1220. The van der Waals surface area contributed by atoms with Gasteiger partial charge in [0.1, 0.15) is 11.8 Å². The molecule has 8 nitrogen and oxygen atoms in total. The number of nitrogens with two attached hydrogens (primary N) is 1. The fraction of sp³-hybridized carbons (Fsp3) is 0.200. The van der Waals surface area contributed by atoms with E-state index in [4.69, 9.17) is 17.3 Å². The molecule has 3 aromatic rings. The fourth-order valence-corrected chi connectivity index (χ4v) is 4.61. The van der Waals surface area contributed by atoms with Gasteiger partial charge in [0.15, 0.2) is 0 Å². The molecule has 2 heterocycles. The first-order valence-electron chi connectivity index (χ1n) is 9.33. The second-order valence-electron chi connectivity index (χ2n) is 7.05.